The fourth-order valence-corrected chi connectivity index (χ4v) is 9.22. The third kappa shape index (κ3) is 4.97. The molecule has 0 fully saturated rings. The van der Waals surface area contributed by atoms with Crippen LogP contribution in [0.4, 0.5) is 0 Å². The largest absolute Gasteiger partial charge is 0.455 e. The molecule has 4 nitrogen and oxygen atoms in total. The van der Waals surface area contributed by atoms with E-state index < -0.39 is 0 Å². The first-order valence-corrected chi connectivity index (χ1v) is 19.0. The van der Waals surface area contributed by atoms with Crippen LogP contribution in [-0.4, -0.2) is 11.7 Å². The van der Waals surface area contributed by atoms with Gasteiger partial charge in [0.05, 0.1) is 0 Å². The molecule has 0 amide bonds. The van der Waals surface area contributed by atoms with E-state index >= 15 is 0 Å². The van der Waals surface area contributed by atoms with Gasteiger partial charge in [-0.15, -0.1) is 11.3 Å². The molecule has 254 valence electrons. The van der Waals surface area contributed by atoms with Gasteiger partial charge in [0.1, 0.15) is 22.8 Å². The van der Waals surface area contributed by atoms with Crippen LogP contribution in [0.1, 0.15) is 22.9 Å². The number of amidine groups is 2. The van der Waals surface area contributed by atoms with Crippen molar-refractivity contribution in [2.75, 3.05) is 0 Å². The smallest absolute Gasteiger partial charge is 0.169 e. The predicted molar refractivity (Wildman–Crippen MR) is 227 cm³/mol. The Morgan fingerprint density at radius 1 is 0.463 bits per heavy atom. The minimum atomic E-state index is -0.387. The Labute approximate surface area is 315 Å². The quantitative estimate of drug-likeness (QED) is 0.193. The number of hydrogen-bond donors (Lipinski definition) is 1. The first kappa shape index (κ1) is 30.8. The molecule has 11 rings (SSSR count). The Morgan fingerprint density at radius 2 is 1.07 bits per heavy atom. The van der Waals surface area contributed by atoms with Crippen LogP contribution in [0.15, 0.2) is 190 Å². The molecule has 54 heavy (non-hydrogen) atoms. The Kier molecular flexibility index (Phi) is 7.07. The molecule has 0 saturated heterocycles. The molecule has 10 aromatic rings. The van der Waals surface area contributed by atoms with Crippen molar-refractivity contribution >= 4 is 75.9 Å². The molecule has 1 aliphatic heterocycles. The van der Waals surface area contributed by atoms with Crippen molar-refractivity contribution in [2.45, 2.75) is 6.17 Å². The summed E-state index contributed by atoms with van der Waals surface area (Å²) in [5.74, 6) is 1.62. The molecule has 0 aliphatic carbocycles. The molecule has 8 aromatic carbocycles. The lowest BCUT2D eigenvalue weighted by Crippen LogP contribution is -2.35. The topological polar surface area (TPSA) is 49.9 Å². The second kappa shape index (κ2) is 12.4. The monoisotopic (exact) mass is 709 g/mol. The standard InChI is InChI=1S/C49H31N3OS/c1-3-13-31(14-4-1)47-50-48(32-15-5-2-6-16-32)52-49(51-47)33-27-25-30(26-28-33)40-29-41-44-36(20-12-23-42(44)53-45(41)37-19-8-7-17-34(37)40)39-22-11-21-38-35-18-9-10-24-43(35)54-46(38)39/h1-29,49H,(H,50,51,52). The van der Waals surface area contributed by atoms with Crippen LogP contribution in [0.5, 0.6) is 0 Å². The minimum Gasteiger partial charge on any atom is -0.455 e. The van der Waals surface area contributed by atoms with Gasteiger partial charge in [0.2, 0.25) is 0 Å². The van der Waals surface area contributed by atoms with Gasteiger partial charge in [-0.05, 0) is 45.8 Å². The normalized spacial score (nSPS) is 13.5. The highest BCUT2D eigenvalue weighted by molar-refractivity contribution is 7.26. The molecule has 1 N–H and O–H groups in total. The van der Waals surface area contributed by atoms with Crippen molar-refractivity contribution in [3.05, 3.63) is 193 Å². The first-order chi connectivity index (χ1) is 26.8. The van der Waals surface area contributed by atoms with Gasteiger partial charge in [0.15, 0.2) is 6.17 Å². The Morgan fingerprint density at radius 3 is 1.81 bits per heavy atom. The fourth-order valence-electron chi connectivity index (χ4n) is 7.99. The summed E-state index contributed by atoms with van der Waals surface area (Å²) in [5.41, 5.74) is 9.59. The number of aliphatic imine (C=N–C) groups is 2. The molecule has 3 heterocycles. The van der Waals surface area contributed by atoms with Crippen molar-refractivity contribution in [3.8, 4) is 22.3 Å². The second-order valence-corrected chi connectivity index (χ2v) is 14.8. The number of benzene rings is 8. The SMILES string of the molecule is c1ccc(C2=NC(c3ccc(-c4cc5c(oc6cccc(-c7cccc8c7sc7ccccc78)c65)c5ccccc45)cc3)N=C(c3ccccc3)N2)cc1. The zero-order valence-electron chi connectivity index (χ0n) is 29.0. The summed E-state index contributed by atoms with van der Waals surface area (Å²) >= 11 is 1.86. The van der Waals surface area contributed by atoms with Gasteiger partial charge in [-0.2, -0.15) is 0 Å². The Hall–Kier alpha value is -6.82. The van der Waals surface area contributed by atoms with Crippen molar-refractivity contribution in [1.82, 2.24) is 5.32 Å². The van der Waals surface area contributed by atoms with Gasteiger partial charge >= 0.3 is 0 Å². The summed E-state index contributed by atoms with van der Waals surface area (Å²) < 4.78 is 9.35. The van der Waals surface area contributed by atoms with Crippen LogP contribution in [0.3, 0.4) is 0 Å². The lowest BCUT2D eigenvalue weighted by Gasteiger charge is -2.22. The molecular weight excluding hydrogens is 679 g/mol. The van der Waals surface area contributed by atoms with Gasteiger partial charge in [-0.1, -0.05) is 158 Å². The van der Waals surface area contributed by atoms with E-state index in [4.69, 9.17) is 14.4 Å². The van der Waals surface area contributed by atoms with E-state index in [1.807, 2.05) is 47.7 Å². The molecule has 1 aliphatic rings. The van der Waals surface area contributed by atoms with E-state index in [2.05, 4.69) is 145 Å². The van der Waals surface area contributed by atoms with E-state index in [1.54, 1.807) is 0 Å². The van der Waals surface area contributed by atoms with Crippen molar-refractivity contribution in [1.29, 1.82) is 0 Å². The Bertz CT molecular complexity index is 3070. The number of thiophene rings is 1. The van der Waals surface area contributed by atoms with E-state index in [-0.39, 0.29) is 6.17 Å². The molecule has 0 unspecified atom stereocenters. The summed E-state index contributed by atoms with van der Waals surface area (Å²) in [6, 6.07) is 62.0. The Balaban J connectivity index is 1.06. The fraction of sp³-hybridized carbons (Fsp3) is 0.0204. The van der Waals surface area contributed by atoms with Crippen LogP contribution in [-0.2, 0) is 0 Å². The number of rotatable bonds is 5. The summed E-state index contributed by atoms with van der Waals surface area (Å²) in [6.07, 6.45) is -0.387. The molecule has 0 saturated carbocycles. The van der Waals surface area contributed by atoms with Crippen LogP contribution >= 0.6 is 11.3 Å². The van der Waals surface area contributed by atoms with E-state index in [0.717, 1.165) is 72.2 Å². The average Bonchev–Trinajstić information content (AvgIpc) is 3.83. The minimum absolute atomic E-state index is 0.387. The summed E-state index contributed by atoms with van der Waals surface area (Å²) in [7, 11) is 0. The van der Waals surface area contributed by atoms with Crippen LogP contribution in [0.2, 0.25) is 0 Å². The highest BCUT2D eigenvalue weighted by Crippen LogP contribution is 2.46. The van der Waals surface area contributed by atoms with E-state index in [1.165, 1.54) is 31.3 Å². The zero-order valence-corrected chi connectivity index (χ0v) is 29.8. The lowest BCUT2D eigenvalue weighted by molar-refractivity contribution is 0.673. The van der Waals surface area contributed by atoms with Gasteiger partial charge in [-0.3, -0.25) is 0 Å². The maximum absolute atomic E-state index is 6.75. The maximum Gasteiger partial charge on any atom is 0.169 e. The van der Waals surface area contributed by atoms with Gasteiger partial charge in [0.25, 0.3) is 0 Å². The second-order valence-electron chi connectivity index (χ2n) is 13.7. The molecule has 0 spiro atoms. The van der Waals surface area contributed by atoms with Crippen LogP contribution in [0.25, 0.3) is 75.1 Å². The number of furan rings is 1. The highest BCUT2D eigenvalue weighted by atomic mass is 32.1. The number of fused-ring (bicyclic) bond motifs is 8. The summed E-state index contributed by atoms with van der Waals surface area (Å²) in [4.78, 5) is 10.2. The van der Waals surface area contributed by atoms with Gasteiger partial charge < -0.3 is 9.73 Å². The molecule has 0 atom stereocenters. The van der Waals surface area contributed by atoms with Crippen molar-refractivity contribution in [2.24, 2.45) is 9.98 Å². The van der Waals surface area contributed by atoms with Gasteiger partial charge in [0, 0.05) is 53.0 Å². The number of nitrogens with zero attached hydrogens (tertiary/aromatic N) is 2. The molecular formula is C49H31N3OS. The molecule has 0 bridgehead atoms. The lowest BCUT2D eigenvalue weighted by atomic mass is 9.92. The summed E-state index contributed by atoms with van der Waals surface area (Å²) in [6.45, 7) is 0. The predicted octanol–water partition coefficient (Wildman–Crippen LogP) is 12.9. The molecule has 5 heteroatoms. The molecule has 2 aromatic heterocycles. The third-order valence-electron chi connectivity index (χ3n) is 10.6. The number of nitrogens with one attached hydrogen (secondary N) is 1. The average molecular weight is 710 g/mol. The first-order valence-electron chi connectivity index (χ1n) is 18.2. The van der Waals surface area contributed by atoms with E-state index in [0.29, 0.717) is 0 Å². The van der Waals surface area contributed by atoms with Crippen molar-refractivity contribution in [3.63, 3.8) is 0 Å². The van der Waals surface area contributed by atoms with E-state index in [9.17, 15) is 0 Å². The zero-order chi connectivity index (χ0) is 35.6. The highest BCUT2D eigenvalue weighted by Gasteiger charge is 2.22. The summed E-state index contributed by atoms with van der Waals surface area (Å²) in [5, 5.41) is 10.6. The van der Waals surface area contributed by atoms with Crippen LogP contribution in [0, 0.1) is 0 Å². The van der Waals surface area contributed by atoms with Gasteiger partial charge in [-0.25, -0.2) is 9.98 Å². The number of hydrogen-bond acceptors (Lipinski definition) is 5. The molecule has 0 radical (unpaired) electrons. The van der Waals surface area contributed by atoms with Crippen LogP contribution < -0.4 is 5.32 Å². The van der Waals surface area contributed by atoms with Crippen molar-refractivity contribution < 1.29 is 4.42 Å². The maximum atomic E-state index is 6.75. The third-order valence-corrected chi connectivity index (χ3v) is 11.8.